The second-order valence-electron chi connectivity index (χ2n) is 7.14. The van der Waals surface area contributed by atoms with E-state index in [1.165, 1.54) is 16.2 Å². The van der Waals surface area contributed by atoms with Gasteiger partial charge in [-0.1, -0.05) is 58.0 Å². The fourth-order valence-corrected chi connectivity index (χ4v) is 4.98. The van der Waals surface area contributed by atoms with E-state index in [0.717, 1.165) is 20.6 Å². The third kappa shape index (κ3) is 2.90. The molecule has 1 aliphatic heterocycles. The minimum absolute atomic E-state index is 0.0644. The lowest BCUT2D eigenvalue weighted by Gasteiger charge is -2.22. The van der Waals surface area contributed by atoms with Crippen molar-refractivity contribution in [3.8, 4) is 0 Å². The third-order valence-corrected chi connectivity index (χ3v) is 6.71. The maximum atomic E-state index is 13.5. The molecular weight excluding hydrogens is 466 g/mol. The van der Waals surface area contributed by atoms with Crippen molar-refractivity contribution in [2.45, 2.75) is 26.3 Å². The van der Waals surface area contributed by atoms with Crippen LogP contribution >= 0.6 is 27.3 Å². The van der Waals surface area contributed by atoms with Crippen LogP contribution in [-0.2, 0) is 6.42 Å². The summed E-state index contributed by atoms with van der Waals surface area (Å²) >= 11 is 4.84. The Morgan fingerprint density at radius 1 is 1.17 bits per heavy atom. The van der Waals surface area contributed by atoms with E-state index in [2.05, 4.69) is 26.1 Å². The van der Waals surface area contributed by atoms with Gasteiger partial charge in [-0.15, -0.1) is 10.2 Å². The first-order valence-corrected chi connectivity index (χ1v) is 11.1. The Labute approximate surface area is 184 Å². The van der Waals surface area contributed by atoms with E-state index >= 15 is 0 Å². The number of anilines is 1. The Balaban J connectivity index is 1.82. The van der Waals surface area contributed by atoms with Gasteiger partial charge in [-0.25, -0.2) is 0 Å². The van der Waals surface area contributed by atoms with Crippen molar-refractivity contribution in [2.24, 2.45) is 0 Å². The van der Waals surface area contributed by atoms with Crippen LogP contribution in [0.2, 0.25) is 0 Å². The van der Waals surface area contributed by atoms with Crippen LogP contribution in [0.1, 0.15) is 45.2 Å². The molecular formula is C22H16BrN3O3S. The van der Waals surface area contributed by atoms with E-state index in [1.807, 2.05) is 44.2 Å². The summed E-state index contributed by atoms with van der Waals surface area (Å²) < 4.78 is 6.83. The molecule has 3 heterocycles. The van der Waals surface area contributed by atoms with Crippen molar-refractivity contribution in [3.05, 3.63) is 84.6 Å². The summed E-state index contributed by atoms with van der Waals surface area (Å²) in [7, 11) is 0. The van der Waals surface area contributed by atoms with Crippen molar-refractivity contribution in [1.29, 1.82) is 0 Å². The summed E-state index contributed by atoms with van der Waals surface area (Å²) in [6, 6.07) is 12.3. The highest BCUT2D eigenvalue weighted by Gasteiger charge is 2.45. The van der Waals surface area contributed by atoms with Crippen molar-refractivity contribution < 1.29 is 9.21 Å². The molecule has 2 aromatic heterocycles. The van der Waals surface area contributed by atoms with E-state index in [0.29, 0.717) is 28.1 Å². The van der Waals surface area contributed by atoms with Crippen molar-refractivity contribution in [1.82, 2.24) is 10.2 Å². The second-order valence-corrected chi connectivity index (χ2v) is 9.09. The smallest absolute Gasteiger partial charge is 0.297 e. The number of nitrogens with zero attached hydrogens (tertiary/aromatic N) is 3. The van der Waals surface area contributed by atoms with Crippen LogP contribution in [0.4, 0.5) is 5.13 Å². The zero-order valence-electron chi connectivity index (χ0n) is 16.2. The fraction of sp³-hybridized carbons (Fsp3) is 0.182. The molecule has 0 spiro atoms. The lowest BCUT2D eigenvalue weighted by atomic mass is 9.98. The largest absolute Gasteiger partial charge is 0.450 e. The Bertz CT molecular complexity index is 1380. The van der Waals surface area contributed by atoms with Crippen LogP contribution in [0.15, 0.2) is 56.1 Å². The molecule has 5 rings (SSSR count). The predicted molar refractivity (Wildman–Crippen MR) is 119 cm³/mol. The van der Waals surface area contributed by atoms with Crippen LogP contribution in [0.25, 0.3) is 11.0 Å². The third-order valence-electron chi connectivity index (χ3n) is 5.15. The van der Waals surface area contributed by atoms with E-state index in [1.54, 1.807) is 12.1 Å². The molecule has 1 aliphatic rings. The molecule has 30 heavy (non-hydrogen) atoms. The first-order valence-electron chi connectivity index (χ1n) is 9.46. The Kier molecular flexibility index (Phi) is 4.56. The van der Waals surface area contributed by atoms with Crippen LogP contribution < -0.4 is 10.3 Å². The minimum atomic E-state index is -0.635. The number of rotatable bonds is 3. The second kappa shape index (κ2) is 7.14. The minimum Gasteiger partial charge on any atom is -0.450 e. The monoisotopic (exact) mass is 481 g/mol. The maximum Gasteiger partial charge on any atom is 0.297 e. The number of benzene rings is 2. The lowest BCUT2D eigenvalue weighted by Crippen LogP contribution is -2.29. The van der Waals surface area contributed by atoms with Gasteiger partial charge in [0.1, 0.15) is 10.6 Å². The summed E-state index contributed by atoms with van der Waals surface area (Å²) in [5, 5.41) is 10.1. The molecule has 1 amide bonds. The van der Waals surface area contributed by atoms with Crippen molar-refractivity contribution >= 4 is 49.3 Å². The maximum absolute atomic E-state index is 13.5. The summed E-state index contributed by atoms with van der Waals surface area (Å²) in [5.74, 6) is -0.317. The topological polar surface area (TPSA) is 76.3 Å². The van der Waals surface area contributed by atoms with Gasteiger partial charge in [0.05, 0.1) is 17.0 Å². The van der Waals surface area contributed by atoms with E-state index < -0.39 is 6.04 Å². The van der Waals surface area contributed by atoms with Gasteiger partial charge in [0.25, 0.3) is 5.91 Å². The van der Waals surface area contributed by atoms with E-state index in [9.17, 15) is 9.59 Å². The van der Waals surface area contributed by atoms with Gasteiger partial charge in [-0.3, -0.25) is 14.5 Å². The first-order chi connectivity index (χ1) is 14.5. The number of aryl methyl sites for hydroxylation is 2. The van der Waals surface area contributed by atoms with Gasteiger partial charge in [0.15, 0.2) is 5.43 Å². The molecule has 0 aliphatic carbocycles. The van der Waals surface area contributed by atoms with Crippen LogP contribution in [0.5, 0.6) is 0 Å². The molecule has 4 aromatic rings. The highest BCUT2D eigenvalue weighted by atomic mass is 79.9. The average Bonchev–Trinajstić information content (AvgIpc) is 3.31. The van der Waals surface area contributed by atoms with Crippen LogP contribution in [-0.4, -0.2) is 16.1 Å². The number of halogens is 1. The molecule has 0 saturated carbocycles. The number of aromatic nitrogens is 2. The molecule has 0 fully saturated rings. The summed E-state index contributed by atoms with van der Waals surface area (Å²) in [6.07, 6.45) is 0.717. The normalized spacial score (nSPS) is 15.8. The predicted octanol–water partition coefficient (Wildman–Crippen LogP) is 5.03. The number of fused-ring (bicyclic) bond motifs is 2. The molecule has 1 atom stereocenters. The lowest BCUT2D eigenvalue weighted by molar-refractivity contribution is 0.0970. The average molecular weight is 482 g/mol. The molecule has 8 heteroatoms. The van der Waals surface area contributed by atoms with E-state index in [-0.39, 0.29) is 17.1 Å². The van der Waals surface area contributed by atoms with Crippen molar-refractivity contribution in [2.75, 3.05) is 4.90 Å². The quantitative estimate of drug-likeness (QED) is 0.410. The highest BCUT2D eigenvalue weighted by molar-refractivity contribution is 9.10. The summed E-state index contributed by atoms with van der Waals surface area (Å²) in [6.45, 7) is 3.90. The number of amides is 1. The highest BCUT2D eigenvalue weighted by Crippen LogP contribution is 2.42. The molecule has 0 bridgehead atoms. The molecule has 0 N–H and O–H groups in total. The van der Waals surface area contributed by atoms with Gasteiger partial charge in [-0.2, -0.15) is 0 Å². The molecule has 0 saturated heterocycles. The fourth-order valence-electron chi connectivity index (χ4n) is 3.76. The van der Waals surface area contributed by atoms with Gasteiger partial charge < -0.3 is 4.42 Å². The zero-order valence-corrected chi connectivity index (χ0v) is 18.6. The number of hydrogen-bond donors (Lipinski definition) is 0. The Morgan fingerprint density at radius 2 is 2.00 bits per heavy atom. The molecule has 0 radical (unpaired) electrons. The molecule has 0 unspecified atom stereocenters. The molecule has 6 nitrogen and oxygen atoms in total. The molecule has 2 aromatic carbocycles. The van der Waals surface area contributed by atoms with Crippen molar-refractivity contribution in [3.63, 3.8) is 0 Å². The Morgan fingerprint density at radius 3 is 2.73 bits per heavy atom. The number of carbonyl (C=O) groups excluding carboxylic acids is 1. The number of hydrogen-bond acceptors (Lipinski definition) is 6. The van der Waals surface area contributed by atoms with Gasteiger partial charge >= 0.3 is 0 Å². The summed E-state index contributed by atoms with van der Waals surface area (Å²) in [5.41, 5.74) is 2.29. The van der Waals surface area contributed by atoms with E-state index in [4.69, 9.17) is 4.42 Å². The summed E-state index contributed by atoms with van der Waals surface area (Å²) in [4.78, 5) is 28.5. The van der Waals surface area contributed by atoms with Gasteiger partial charge in [-0.05, 0) is 43.2 Å². The standard InChI is InChI=1S/C22H16BrN3O3S/c1-3-16-24-25-22(30-16)26-18(12-5-4-6-13(23)10-12)17-19(27)14-9-11(2)7-8-15(14)29-20(17)21(26)28/h4-10,18H,3H2,1-2H3/t18-/m1/s1. The van der Waals surface area contributed by atoms with Crippen LogP contribution in [0, 0.1) is 6.92 Å². The number of carbonyl (C=O) groups is 1. The van der Waals surface area contributed by atoms with Gasteiger partial charge in [0.2, 0.25) is 10.9 Å². The molecule has 150 valence electrons. The first kappa shape index (κ1) is 19.1. The van der Waals surface area contributed by atoms with Gasteiger partial charge in [0, 0.05) is 4.47 Å². The zero-order chi connectivity index (χ0) is 21.0. The SMILES string of the molecule is CCc1nnc(N2C(=O)c3oc4ccc(C)cc4c(=O)c3[C@H]2c2cccc(Br)c2)s1. The van der Waals surface area contributed by atoms with Crippen LogP contribution in [0.3, 0.4) is 0 Å². The Hall–Kier alpha value is -2.84.